The average Bonchev–Trinajstić information content (AvgIpc) is 3.22. The zero-order valence-corrected chi connectivity index (χ0v) is 37.0. The van der Waals surface area contributed by atoms with E-state index in [0.717, 1.165) is 103 Å². The highest BCUT2D eigenvalue weighted by atomic mass is 16.6. The summed E-state index contributed by atoms with van der Waals surface area (Å²) in [5.41, 5.74) is 0. The minimum atomic E-state index is -0.806. The summed E-state index contributed by atoms with van der Waals surface area (Å²) in [6, 6.07) is 0. The van der Waals surface area contributed by atoms with Crippen LogP contribution in [-0.4, -0.2) is 37.2 Å². The van der Waals surface area contributed by atoms with Crippen LogP contribution in [0.2, 0.25) is 0 Å². The number of ether oxygens (including phenoxy) is 3. The van der Waals surface area contributed by atoms with Gasteiger partial charge in [0.15, 0.2) is 6.10 Å². The molecule has 0 aliphatic carbocycles. The van der Waals surface area contributed by atoms with Gasteiger partial charge in [-0.2, -0.15) is 0 Å². The van der Waals surface area contributed by atoms with Crippen LogP contribution in [0, 0.1) is 0 Å². The highest BCUT2D eigenvalue weighted by molar-refractivity contribution is 5.71. The lowest BCUT2D eigenvalue weighted by molar-refractivity contribution is -0.167. The van der Waals surface area contributed by atoms with Crippen molar-refractivity contribution in [3.8, 4) is 0 Å². The van der Waals surface area contributed by atoms with Gasteiger partial charge in [-0.1, -0.05) is 201 Å². The summed E-state index contributed by atoms with van der Waals surface area (Å²) < 4.78 is 16.6. The molecule has 0 bridgehead atoms. The largest absolute Gasteiger partial charge is 0.462 e. The molecular formula is C52H82O6. The summed E-state index contributed by atoms with van der Waals surface area (Å²) in [5.74, 6) is -0.985. The van der Waals surface area contributed by atoms with Gasteiger partial charge >= 0.3 is 17.9 Å². The smallest absolute Gasteiger partial charge is 0.306 e. The molecule has 0 heterocycles. The lowest BCUT2D eigenvalue weighted by Gasteiger charge is -2.18. The molecule has 0 rings (SSSR count). The molecule has 0 aromatic heterocycles. The van der Waals surface area contributed by atoms with Crippen molar-refractivity contribution >= 4 is 17.9 Å². The number of rotatable bonds is 39. The van der Waals surface area contributed by atoms with Crippen molar-refractivity contribution in [2.45, 2.75) is 187 Å². The van der Waals surface area contributed by atoms with Gasteiger partial charge in [-0.05, 0) is 70.6 Å². The summed E-state index contributed by atoms with van der Waals surface area (Å²) in [6.07, 6.45) is 60.7. The van der Waals surface area contributed by atoms with E-state index in [2.05, 4.69) is 69.4 Å². The first-order chi connectivity index (χ1) is 28.5. The second kappa shape index (κ2) is 45.8. The van der Waals surface area contributed by atoms with Crippen molar-refractivity contribution < 1.29 is 28.6 Å². The lowest BCUT2D eigenvalue weighted by Crippen LogP contribution is -2.30. The van der Waals surface area contributed by atoms with Crippen molar-refractivity contribution in [3.05, 3.63) is 109 Å². The van der Waals surface area contributed by atoms with Crippen LogP contribution < -0.4 is 0 Å². The summed E-state index contributed by atoms with van der Waals surface area (Å²) in [5, 5.41) is 0. The molecule has 58 heavy (non-hydrogen) atoms. The molecule has 0 radical (unpaired) electrons. The minimum Gasteiger partial charge on any atom is -0.462 e. The van der Waals surface area contributed by atoms with Crippen LogP contribution in [0.3, 0.4) is 0 Å². The van der Waals surface area contributed by atoms with Crippen LogP contribution in [0.1, 0.15) is 181 Å². The normalized spacial score (nSPS) is 13.1. The predicted octanol–water partition coefficient (Wildman–Crippen LogP) is 14.8. The van der Waals surface area contributed by atoms with Crippen LogP contribution >= 0.6 is 0 Å². The van der Waals surface area contributed by atoms with E-state index in [1.807, 2.05) is 60.8 Å². The molecule has 0 aliphatic rings. The van der Waals surface area contributed by atoms with Gasteiger partial charge in [0.1, 0.15) is 13.2 Å². The van der Waals surface area contributed by atoms with E-state index in [1.54, 1.807) is 0 Å². The average molecular weight is 803 g/mol. The molecule has 0 aromatic rings. The monoisotopic (exact) mass is 803 g/mol. The lowest BCUT2D eigenvalue weighted by atomic mass is 10.1. The second-order valence-corrected chi connectivity index (χ2v) is 14.7. The summed E-state index contributed by atoms with van der Waals surface area (Å²) in [7, 11) is 0. The molecule has 1 unspecified atom stereocenters. The Morgan fingerprint density at radius 3 is 1.28 bits per heavy atom. The van der Waals surface area contributed by atoms with Crippen LogP contribution in [0.4, 0.5) is 0 Å². The highest BCUT2D eigenvalue weighted by Crippen LogP contribution is 2.13. The SMILES string of the molecule is CC\C=C/C=C\C=C/C=C\C=C\C=C/CCCCCC(=O)OCC(COC(=O)CCCCCCCCCCC)OC(=O)CCCCCC/C=C\C/C=C\C/C=C\CC. The van der Waals surface area contributed by atoms with Crippen LogP contribution in [0.5, 0.6) is 0 Å². The number of hydrogen-bond donors (Lipinski definition) is 0. The van der Waals surface area contributed by atoms with Gasteiger partial charge in [0.25, 0.3) is 0 Å². The number of unbranched alkanes of at least 4 members (excludes halogenated alkanes) is 15. The summed E-state index contributed by atoms with van der Waals surface area (Å²) >= 11 is 0. The van der Waals surface area contributed by atoms with Crippen molar-refractivity contribution in [3.63, 3.8) is 0 Å². The van der Waals surface area contributed by atoms with Gasteiger partial charge < -0.3 is 14.2 Å². The molecule has 1 atom stereocenters. The fourth-order valence-electron chi connectivity index (χ4n) is 5.78. The Morgan fingerprint density at radius 2 is 0.759 bits per heavy atom. The van der Waals surface area contributed by atoms with Gasteiger partial charge in [-0.25, -0.2) is 0 Å². The Kier molecular flexibility index (Phi) is 42.7. The van der Waals surface area contributed by atoms with E-state index in [-0.39, 0.29) is 37.5 Å². The number of carbonyl (C=O) groups excluding carboxylic acids is 3. The standard InChI is InChI=1S/C52H82O6/c1-4-7-10-13-16-19-21-23-25-26-27-29-30-33-36-39-42-45-51(54)57-48-49(47-56-50(53)44-41-38-35-32-18-15-12-9-6-3)58-52(55)46-43-40-37-34-31-28-24-22-20-17-14-11-8-5-2/h7-8,10-11,13,16-17,19-21,23-30,49H,4-6,9,12,14-15,18,22,31-48H2,1-3H3/b10-7-,11-8-,16-13-,20-17-,21-19-,25-23-,27-26+,28-24-,30-29-. The molecule has 6 nitrogen and oxygen atoms in total. The van der Waals surface area contributed by atoms with Crippen molar-refractivity contribution in [1.82, 2.24) is 0 Å². The maximum Gasteiger partial charge on any atom is 0.306 e. The van der Waals surface area contributed by atoms with E-state index >= 15 is 0 Å². The summed E-state index contributed by atoms with van der Waals surface area (Å²) in [4.78, 5) is 37.7. The van der Waals surface area contributed by atoms with Gasteiger partial charge in [0.2, 0.25) is 0 Å². The van der Waals surface area contributed by atoms with E-state index in [4.69, 9.17) is 14.2 Å². The molecule has 0 saturated heterocycles. The molecule has 0 aromatic carbocycles. The van der Waals surface area contributed by atoms with Gasteiger partial charge in [0, 0.05) is 19.3 Å². The Hall–Kier alpha value is -3.93. The molecule has 326 valence electrons. The Labute approximate surface area is 355 Å². The number of esters is 3. The molecule has 0 spiro atoms. The maximum atomic E-state index is 12.7. The van der Waals surface area contributed by atoms with Gasteiger partial charge in [-0.3, -0.25) is 14.4 Å². The predicted molar refractivity (Wildman–Crippen MR) is 247 cm³/mol. The first kappa shape index (κ1) is 54.1. The third-order valence-electron chi connectivity index (χ3n) is 9.18. The number of hydrogen-bond acceptors (Lipinski definition) is 6. The van der Waals surface area contributed by atoms with Gasteiger partial charge in [-0.15, -0.1) is 0 Å². The zero-order valence-electron chi connectivity index (χ0n) is 37.0. The molecule has 0 fully saturated rings. The van der Waals surface area contributed by atoms with E-state index in [1.165, 1.54) is 38.5 Å². The molecular weight excluding hydrogens is 721 g/mol. The third-order valence-corrected chi connectivity index (χ3v) is 9.18. The fraction of sp³-hybridized carbons (Fsp3) is 0.596. The molecule has 0 amide bonds. The van der Waals surface area contributed by atoms with E-state index in [9.17, 15) is 14.4 Å². The zero-order chi connectivity index (χ0) is 42.3. The minimum absolute atomic E-state index is 0.103. The van der Waals surface area contributed by atoms with Crippen molar-refractivity contribution in [2.24, 2.45) is 0 Å². The second-order valence-electron chi connectivity index (χ2n) is 14.7. The molecule has 0 aliphatic heterocycles. The maximum absolute atomic E-state index is 12.7. The number of allylic oxidation sites excluding steroid dienone is 18. The third kappa shape index (κ3) is 43.2. The molecule has 0 N–H and O–H groups in total. The Balaban J connectivity index is 4.52. The van der Waals surface area contributed by atoms with E-state index in [0.29, 0.717) is 12.8 Å². The van der Waals surface area contributed by atoms with Crippen molar-refractivity contribution in [2.75, 3.05) is 13.2 Å². The topological polar surface area (TPSA) is 78.9 Å². The number of carbonyl (C=O) groups is 3. The first-order valence-corrected chi connectivity index (χ1v) is 23.0. The fourth-order valence-corrected chi connectivity index (χ4v) is 5.78. The Morgan fingerprint density at radius 1 is 0.379 bits per heavy atom. The molecule has 0 saturated carbocycles. The first-order valence-electron chi connectivity index (χ1n) is 23.0. The van der Waals surface area contributed by atoms with Crippen LogP contribution in [0.25, 0.3) is 0 Å². The highest BCUT2D eigenvalue weighted by Gasteiger charge is 2.19. The summed E-state index contributed by atoms with van der Waals surface area (Å²) in [6.45, 7) is 6.27. The Bertz CT molecular complexity index is 1240. The van der Waals surface area contributed by atoms with Crippen LogP contribution in [0.15, 0.2) is 109 Å². The van der Waals surface area contributed by atoms with Crippen molar-refractivity contribution in [1.29, 1.82) is 0 Å². The molecule has 6 heteroatoms. The quantitative estimate of drug-likeness (QED) is 0.0202. The van der Waals surface area contributed by atoms with Crippen LogP contribution in [-0.2, 0) is 28.6 Å². The van der Waals surface area contributed by atoms with E-state index < -0.39 is 6.10 Å². The van der Waals surface area contributed by atoms with Gasteiger partial charge in [0.05, 0.1) is 0 Å².